The van der Waals surface area contributed by atoms with Crippen LogP contribution in [0.1, 0.15) is 20.7 Å². The van der Waals surface area contributed by atoms with Gasteiger partial charge >= 0.3 is 0 Å². The van der Waals surface area contributed by atoms with Crippen molar-refractivity contribution >= 4 is 34.0 Å². The Bertz CT molecular complexity index is 1140. The molecule has 0 atom stereocenters. The third kappa shape index (κ3) is 3.62. The molecule has 0 aromatic heterocycles. The lowest BCUT2D eigenvalue weighted by atomic mass is 10.1. The Morgan fingerprint density at radius 1 is 0.536 bits per heavy atom. The summed E-state index contributed by atoms with van der Waals surface area (Å²) in [7, 11) is 0. The summed E-state index contributed by atoms with van der Waals surface area (Å²) in [6.45, 7) is 0. The molecule has 2 amide bonds. The SMILES string of the molecule is O=C(Nc1ccc2ccccc2c1NC(=O)c1ccccc1)c1ccccc1. The number of fused-ring (bicyclic) bond motifs is 1. The summed E-state index contributed by atoms with van der Waals surface area (Å²) in [6.07, 6.45) is 0. The van der Waals surface area contributed by atoms with E-state index in [2.05, 4.69) is 10.6 Å². The van der Waals surface area contributed by atoms with E-state index in [0.717, 1.165) is 10.8 Å². The smallest absolute Gasteiger partial charge is 0.255 e. The van der Waals surface area contributed by atoms with Crippen LogP contribution in [0.15, 0.2) is 97.1 Å². The van der Waals surface area contributed by atoms with E-state index < -0.39 is 0 Å². The quantitative estimate of drug-likeness (QED) is 0.512. The van der Waals surface area contributed by atoms with Crippen molar-refractivity contribution in [3.63, 3.8) is 0 Å². The summed E-state index contributed by atoms with van der Waals surface area (Å²) in [6, 6.07) is 29.5. The lowest BCUT2D eigenvalue weighted by Crippen LogP contribution is -2.17. The van der Waals surface area contributed by atoms with Gasteiger partial charge in [-0.3, -0.25) is 9.59 Å². The maximum absolute atomic E-state index is 12.7. The summed E-state index contributed by atoms with van der Waals surface area (Å²) >= 11 is 0. The Balaban J connectivity index is 1.73. The molecule has 0 unspecified atom stereocenters. The van der Waals surface area contributed by atoms with E-state index in [0.29, 0.717) is 22.5 Å². The number of carbonyl (C=O) groups is 2. The van der Waals surface area contributed by atoms with Gasteiger partial charge in [-0.15, -0.1) is 0 Å². The second kappa shape index (κ2) is 7.76. The number of amides is 2. The van der Waals surface area contributed by atoms with Crippen molar-refractivity contribution in [3.05, 3.63) is 108 Å². The van der Waals surface area contributed by atoms with Crippen LogP contribution in [0.4, 0.5) is 11.4 Å². The maximum atomic E-state index is 12.7. The number of hydrogen-bond acceptors (Lipinski definition) is 2. The van der Waals surface area contributed by atoms with Gasteiger partial charge in [0.05, 0.1) is 11.4 Å². The Labute approximate surface area is 162 Å². The summed E-state index contributed by atoms with van der Waals surface area (Å²) in [4.78, 5) is 25.4. The van der Waals surface area contributed by atoms with Gasteiger partial charge in [-0.2, -0.15) is 0 Å². The molecule has 4 heteroatoms. The van der Waals surface area contributed by atoms with Crippen molar-refractivity contribution in [1.82, 2.24) is 0 Å². The van der Waals surface area contributed by atoms with Crippen LogP contribution in [-0.4, -0.2) is 11.8 Å². The standard InChI is InChI=1S/C24H18N2O2/c27-23(18-10-3-1-4-11-18)25-21-16-15-17-9-7-8-14-20(17)22(21)26-24(28)19-12-5-2-6-13-19/h1-16H,(H,25,27)(H,26,28). The fourth-order valence-corrected chi connectivity index (χ4v) is 3.07. The van der Waals surface area contributed by atoms with Crippen LogP contribution < -0.4 is 10.6 Å². The van der Waals surface area contributed by atoms with Crippen LogP contribution in [0.2, 0.25) is 0 Å². The first-order chi connectivity index (χ1) is 13.7. The minimum atomic E-state index is -0.230. The second-order valence-corrected chi connectivity index (χ2v) is 6.35. The third-order valence-electron chi connectivity index (χ3n) is 4.49. The van der Waals surface area contributed by atoms with Crippen molar-refractivity contribution in [3.8, 4) is 0 Å². The first-order valence-electron chi connectivity index (χ1n) is 8.97. The lowest BCUT2D eigenvalue weighted by molar-refractivity contribution is 0.101. The number of benzene rings is 4. The molecule has 4 rings (SSSR count). The van der Waals surface area contributed by atoms with Crippen molar-refractivity contribution < 1.29 is 9.59 Å². The molecule has 0 heterocycles. The molecule has 0 saturated carbocycles. The molecule has 28 heavy (non-hydrogen) atoms. The Morgan fingerprint density at radius 2 is 1.07 bits per heavy atom. The van der Waals surface area contributed by atoms with E-state index in [1.165, 1.54) is 0 Å². The molecule has 0 bridgehead atoms. The zero-order chi connectivity index (χ0) is 19.3. The van der Waals surface area contributed by atoms with Gasteiger partial charge in [0, 0.05) is 16.5 Å². The van der Waals surface area contributed by atoms with Gasteiger partial charge in [0.25, 0.3) is 11.8 Å². The van der Waals surface area contributed by atoms with Crippen molar-refractivity contribution in [1.29, 1.82) is 0 Å². The average molecular weight is 366 g/mol. The van der Waals surface area contributed by atoms with E-state index in [9.17, 15) is 9.59 Å². The molecule has 0 spiro atoms. The van der Waals surface area contributed by atoms with Crippen LogP contribution in [0.5, 0.6) is 0 Å². The van der Waals surface area contributed by atoms with Gasteiger partial charge in [-0.1, -0.05) is 66.7 Å². The molecule has 0 fully saturated rings. The minimum absolute atomic E-state index is 0.229. The van der Waals surface area contributed by atoms with E-state index in [1.54, 1.807) is 24.3 Å². The molecular weight excluding hydrogens is 348 g/mol. The molecule has 4 nitrogen and oxygen atoms in total. The van der Waals surface area contributed by atoms with E-state index in [1.807, 2.05) is 72.8 Å². The summed E-state index contributed by atoms with van der Waals surface area (Å²) in [5, 5.41) is 7.73. The largest absolute Gasteiger partial charge is 0.320 e. The van der Waals surface area contributed by atoms with Crippen LogP contribution in [0.25, 0.3) is 10.8 Å². The highest BCUT2D eigenvalue weighted by Crippen LogP contribution is 2.32. The molecule has 0 aliphatic rings. The molecule has 4 aromatic rings. The molecule has 0 radical (unpaired) electrons. The number of carbonyl (C=O) groups excluding carboxylic acids is 2. The highest BCUT2D eigenvalue weighted by Gasteiger charge is 2.15. The van der Waals surface area contributed by atoms with Gasteiger partial charge in [-0.25, -0.2) is 0 Å². The molecule has 2 N–H and O–H groups in total. The average Bonchev–Trinajstić information content (AvgIpc) is 2.76. The molecule has 0 aliphatic heterocycles. The first-order valence-corrected chi connectivity index (χ1v) is 8.97. The molecule has 4 aromatic carbocycles. The number of rotatable bonds is 4. The highest BCUT2D eigenvalue weighted by molar-refractivity contribution is 6.15. The topological polar surface area (TPSA) is 58.2 Å². The van der Waals surface area contributed by atoms with Crippen molar-refractivity contribution in [2.24, 2.45) is 0 Å². The fraction of sp³-hybridized carbons (Fsp3) is 0. The van der Waals surface area contributed by atoms with Crippen LogP contribution in [0.3, 0.4) is 0 Å². The van der Waals surface area contributed by atoms with Gasteiger partial charge < -0.3 is 10.6 Å². The van der Waals surface area contributed by atoms with E-state index >= 15 is 0 Å². The predicted octanol–water partition coefficient (Wildman–Crippen LogP) is 5.34. The molecule has 136 valence electrons. The maximum Gasteiger partial charge on any atom is 0.255 e. The monoisotopic (exact) mass is 366 g/mol. The van der Waals surface area contributed by atoms with Crippen LogP contribution in [-0.2, 0) is 0 Å². The third-order valence-corrected chi connectivity index (χ3v) is 4.49. The first kappa shape index (κ1) is 17.5. The van der Waals surface area contributed by atoms with Gasteiger partial charge in [0.15, 0.2) is 0 Å². The zero-order valence-electron chi connectivity index (χ0n) is 15.1. The number of hydrogen-bond donors (Lipinski definition) is 2. The summed E-state index contributed by atoms with van der Waals surface area (Å²) < 4.78 is 0. The summed E-state index contributed by atoms with van der Waals surface area (Å²) in [5.41, 5.74) is 2.24. The van der Waals surface area contributed by atoms with Gasteiger partial charge in [0.2, 0.25) is 0 Å². The predicted molar refractivity (Wildman–Crippen MR) is 113 cm³/mol. The normalized spacial score (nSPS) is 10.4. The highest BCUT2D eigenvalue weighted by atomic mass is 16.2. The zero-order valence-corrected chi connectivity index (χ0v) is 15.1. The van der Waals surface area contributed by atoms with Crippen molar-refractivity contribution in [2.75, 3.05) is 10.6 Å². The summed E-state index contributed by atoms with van der Waals surface area (Å²) in [5.74, 6) is -0.460. The Kier molecular flexibility index (Phi) is 4.85. The molecule has 0 aliphatic carbocycles. The van der Waals surface area contributed by atoms with Crippen LogP contribution >= 0.6 is 0 Å². The second-order valence-electron chi connectivity index (χ2n) is 6.35. The minimum Gasteiger partial charge on any atom is -0.320 e. The van der Waals surface area contributed by atoms with E-state index in [4.69, 9.17) is 0 Å². The van der Waals surface area contributed by atoms with Gasteiger partial charge in [0.1, 0.15) is 0 Å². The molecule has 0 saturated heterocycles. The fourth-order valence-electron chi connectivity index (χ4n) is 3.07. The Morgan fingerprint density at radius 3 is 1.71 bits per heavy atom. The van der Waals surface area contributed by atoms with E-state index in [-0.39, 0.29) is 11.8 Å². The molecular formula is C24H18N2O2. The van der Waals surface area contributed by atoms with Crippen LogP contribution in [0, 0.1) is 0 Å². The number of nitrogens with one attached hydrogen (secondary N) is 2. The lowest BCUT2D eigenvalue weighted by Gasteiger charge is -2.15. The Hall–Kier alpha value is -3.92. The number of anilines is 2. The van der Waals surface area contributed by atoms with Crippen molar-refractivity contribution in [2.45, 2.75) is 0 Å². The van der Waals surface area contributed by atoms with Gasteiger partial charge in [-0.05, 0) is 35.7 Å².